The van der Waals surface area contributed by atoms with Crippen molar-refractivity contribution in [3.8, 4) is 11.3 Å². The Balaban J connectivity index is 1.49. The number of carbonyl (C=O) groups excluding carboxylic acids is 1. The van der Waals surface area contributed by atoms with Gasteiger partial charge in [-0.1, -0.05) is 11.6 Å². The second kappa shape index (κ2) is 5.41. The Kier molecular flexibility index (Phi) is 3.39. The molecule has 0 saturated carbocycles. The predicted octanol–water partition coefficient (Wildman–Crippen LogP) is 2.62. The molecular weight excluding hydrogens is 302 g/mol. The van der Waals surface area contributed by atoms with Gasteiger partial charge in [-0.2, -0.15) is 0 Å². The number of halogens is 1. The highest BCUT2D eigenvalue weighted by Crippen LogP contribution is 2.30. The van der Waals surface area contributed by atoms with Crippen LogP contribution in [0.15, 0.2) is 34.9 Å². The van der Waals surface area contributed by atoms with Gasteiger partial charge in [-0.3, -0.25) is 4.79 Å². The van der Waals surface area contributed by atoms with Gasteiger partial charge < -0.3 is 15.1 Å². The Labute approximate surface area is 133 Å². The van der Waals surface area contributed by atoms with Crippen LogP contribution in [0.2, 0.25) is 5.15 Å². The lowest BCUT2D eigenvalue weighted by atomic mass is 9.95. The van der Waals surface area contributed by atoms with Crippen LogP contribution in [0.25, 0.3) is 11.3 Å². The van der Waals surface area contributed by atoms with Crippen LogP contribution in [-0.2, 0) is 0 Å². The third kappa shape index (κ3) is 2.40. The molecule has 2 saturated heterocycles. The SMILES string of the molecule is O=C(N[C@@H]1C[C@H]2CC[C@@H]1N2)c1ccc(-c2cccnc2Cl)o1. The van der Waals surface area contributed by atoms with Gasteiger partial charge in [-0.05, 0) is 43.5 Å². The van der Waals surface area contributed by atoms with Crippen LogP contribution in [0.3, 0.4) is 0 Å². The maximum absolute atomic E-state index is 12.3. The number of hydrogen-bond donors (Lipinski definition) is 2. The molecule has 0 aliphatic carbocycles. The zero-order chi connectivity index (χ0) is 15.1. The first kappa shape index (κ1) is 13.8. The largest absolute Gasteiger partial charge is 0.451 e. The maximum atomic E-state index is 12.3. The lowest BCUT2D eigenvalue weighted by Crippen LogP contribution is -2.42. The zero-order valence-corrected chi connectivity index (χ0v) is 12.6. The molecule has 22 heavy (non-hydrogen) atoms. The van der Waals surface area contributed by atoms with E-state index in [9.17, 15) is 4.79 Å². The average Bonchev–Trinajstić information content (AvgIpc) is 3.24. The molecule has 2 N–H and O–H groups in total. The Morgan fingerprint density at radius 1 is 1.36 bits per heavy atom. The fraction of sp³-hybridized carbons (Fsp3) is 0.375. The van der Waals surface area contributed by atoms with Crippen molar-refractivity contribution in [3.63, 3.8) is 0 Å². The Bertz CT molecular complexity index is 715. The van der Waals surface area contributed by atoms with Crippen LogP contribution in [0.5, 0.6) is 0 Å². The van der Waals surface area contributed by atoms with E-state index in [0.717, 1.165) is 12.8 Å². The zero-order valence-electron chi connectivity index (χ0n) is 11.9. The Hall–Kier alpha value is -1.85. The van der Waals surface area contributed by atoms with Crippen LogP contribution in [0, 0.1) is 0 Å². The highest BCUT2D eigenvalue weighted by molar-refractivity contribution is 6.31. The summed E-state index contributed by atoms with van der Waals surface area (Å²) in [6.07, 6.45) is 4.95. The molecule has 0 spiro atoms. The van der Waals surface area contributed by atoms with Crippen LogP contribution in [0.4, 0.5) is 0 Å². The van der Waals surface area contributed by atoms with Crippen molar-refractivity contribution in [2.45, 2.75) is 37.4 Å². The van der Waals surface area contributed by atoms with Crippen molar-refractivity contribution in [3.05, 3.63) is 41.4 Å². The van der Waals surface area contributed by atoms with Crippen LogP contribution in [-0.4, -0.2) is 29.0 Å². The monoisotopic (exact) mass is 317 g/mol. The smallest absolute Gasteiger partial charge is 0.287 e. The lowest BCUT2D eigenvalue weighted by molar-refractivity contribution is 0.0903. The number of nitrogens with one attached hydrogen (secondary N) is 2. The molecule has 0 unspecified atom stereocenters. The number of rotatable bonds is 3. The molecule has 2 aliphatic heterocycles. The fourth-order valence-corrected chi connectivity index (χ4v) is 3.61. The molecule has 1 amide bonds. The first-order valence-electron chi connectivity index (χ1n) is 7.48. The van der Waals surface area contributed by atoms with E-state index in [0.29, 0.717) is 34.3 Å². The highest BCUT2D eigenvalue weighted by Gasteiger charge is 2.39. The van der Waals surface area contributed by atoms with Crippen LogP contribution >= 0.6 is 11.6 Å². The third-order valence-electron chi connectivity index (χ3n) is 4.47. The summed E-state index contributed by atoms with van der Waals surface area (Å²) < 4.78 is 5.65. The molecule has 6 heteroatoms. The van der Waals surface area contributed by atoms with E-state index in [2.05, 4.69) is 15.6 Å². The first-order valence-corrected chi connectivity index (χ1v) is 7.86. The molecule has 2 aromatic rings. The summed E-state index contributed by atoms with van der Waals surface area (Å²) >= 11 is 6.05. The average molecular weight is 318 g/mol. The van der Waals surface area contributed by atoms with E-state index in [1.165, 1.54) is 6.42 Å². The van der Waals surface area contributed by atoms with E-state index in [4.69, 9.17) is 16.0 Å². The summed E-state index contributed by atoms with van der Waals surface area (Å²) in [5.41, 5.74) is 0.685. The Morgan fingerprint density at radius 3 is 3.00 bits per heavy atom. The van der Waals surface area contributed by atoms with Crippen molar-refractivity contribution in [2.24, 2.45) is 0 Å². The number of furan rings is 1. The minimum atomic E-state index is -0.175. The molecular formula is C16H16ClN3O2. The van der Waals surface area contributed by atoms with E-state index in [1.807, 2.05) is 6.07 Å². The maximum Gasteiger partial charge on any atom is 0.287 e. The summed E-state index contributed by atoms with van der Waals surface area (Å²) in [4.78, 5) is 16.3. The molecule has 3 atom stereocenters. The molecule has 2 aromatic heterocycles. The number of pyridine rings is 1. The van der Waals surface area contributed by atoms with E-state index in [-0.39, 0.29) is 11.9 Å². The molecule has 0 aromatic carbocycles. The molecule has 4 heterocycles. The summed E-state index contributed by atoms with van der Waals surface area (Å²) in [5, 5.41) is 6.93. The molecule has 2 bridgehead atoms. The van der Waals surface area contributed by atoms with Gasteiger partial charge in [0.05, 0.1) is 5.56 Å². The van der Waals surface area contributed by atoms with E-state index < -0.39 is 0 Å². The molecule has 2 aliphatic rings. The van der Waals surface area contributed by atoms with Crippen molar-refractivity contribution in [2.75, 3.05) is 0 Å². The van der Waals surface area contributed by atoms with Gasteiger partial charge >= 0.3 is 0 Å². The van der Waals surface area contributed by atoms with Gasteiger partial charge in [-0.15, -0.1) is 0 Å². The topological polar surface area (TPSA) is 67.2 Å². The minimum absolute atomic E-state index is 0.175. The molecule has 114 valence electrons. The minimum Gasteiger partial charge on any atom is -0.451 e. The van der Waals surface area contributed by atoms with Gasteiger partial charge in [0.25, 0.3) is 5.91 Å². The fourth-order valence-electron chi connectivity index (χ4n) is 3.40. The molecule has 4 rings (SSSR count). The van der Waals surface area contributed by atoms with Crippen LogP contribution < -0.4 is 10.6 Å². The summed E-state index contributed by atoms with van der Waals surface area (Å²) in [6, 6.07) is 8.17. The van der Waals surface area contributed by atoms with Crippen molar-refractivity contribution in [1.29, 1.82) is 0 Å². The predicted molar refractivity (Wildman–Crippen MR) is 82.8 cm³/mol. The third-order valence-corrected chi connectivity index (χ3v) is 4.77. The summed E-state index contributed by atoms with van der Waals surface area (Å²) in [7, 11) is 0. The summed E-state index contributed by atoms with van der Waals surface area (Å²) in [6.45, 7) is 0. The Morgan fingerprint density at radius 2 is 2.27 bits per heavy atom. The van der Waals surface area contributed by atoms with E-state index in [1.54, 1.807) is 24.4 Å². The first-order chi connectivity index (χ1) is 10.7. The number of aromatic nitrogens is 1. The van der Waals surface area contributed by atoms with Crippen LogP contribution in [0.1, 0.15) is 29.8 Å². The molecule has 5 nitrogen and oxygen atoms in total. The number of fused-ring (bicyclic) bond motifs is 2. The number of amides is 1. The number of hydrogen-bond acceptors (Lipinski definition) is 4. The quantitative estimate of drug-likeness (QED) is 0.854. The number of carbonyl (C=O) groups is 1. The van der Waals surface area contributed by atoms with Crippen molar-refractivity contribution < 1.29 is 9.21 Å². The molecule has 2 fully saturated rings. The van der Waals surface area contributed by atoms with Gasteiger partial charge in [0.2, 0.25) is 0 Å². The molecule has 0 radical (unpaired) electrons. The summed E-state index contributed by atoms with van der Waals surface area (Å²) in [5.74, 6) is 0.678. The number of nitrogens with zero attached hydrogens (tertiary/aromatic N) is 1. The van der Waals surface area contributed by atoms with Crippen molar-refractivity contribution >= 4 is 17.5 Å². The van der Waals surface area contributed by atoms with Gasteiger partial charge in [-0.25, -0.2) is 4.98 Å². The van der Waals surface area contributed by atoms with E-state index >= 15 is 0 Å². The second-order valence-corrected chi connectivity index (χ2v) is 6.23. The van der Waals surface area contributed by atoms with Crippen molar-refractivity contribution in [1.82, 2.24) is 15.6 Å². The second-order valence-electron chi connectivity index (χ2n) is 5.87. The highest BCUT2D eigenvalue weighted by atomic mass is 35.5. The van der Waals surface area contributed by atoms with Gasteiger partial charge in [0.15, 0.2) is 5.76 Å². The van der Waals surface area contributed by atoms with Gasteiger partial charge in [0.1, 0.15) is 10.9 Å². The normalized spacial score (nSPS) is 26.3. The lowest BCUT2D eigenvalue weighted by Gasteiger charge is -2.20. The van der Waals surface area contributed by atoms with Gasteiger partial charge in [0, 0.05) is 24.3 Å². The standard InChI is InChI=1S/C16H16ClN3O2/c17-15-10(2-1-7-18-15)13-5-6-14(22-13)16(21)20-12-8-9-3-4-11(12)19-9/h1-2,5-7,9,11-12,19H,3-4,8H2,(H,20,21)/t9-,11+,12-/m1/s1.